The molecule has 0 amide bonds. The molecule has 0 aliphatic carbocycles. The maximum Gasteiger partial charge on any atom is 0.500 e. The third-order valence-electron chi connectivity index (χ3n) is 2.90. The van der Waals surface area contributed by atoms with Crippen LogP contribution in [0, 0.1) is 0 Å². The molecule has 4 nitrogen and oxygen atoms in total. The maximum absolute atomic E-state index is 5.82. The van der Waals surface area contributed by atoms with Gasteiger partial charge in [0.05, 0.1) is 0 Å². The highest BCUT2D eigenvalue weighted by atomic mass is 28.4. The van der Waals surface area contributed by atoms with Gasteiger partial charge in [-0.2, -0.15) is 0 Å². The summed E-state index contributed by atoms with van der Waals surface area (Å²) < 4.78 is 17.5. The summed E-state index contributed by atoms with van der Waals surface area (Å²) in [5, 5.41) is 0. The summed E-state index contributed by atoms with van der Waals surface area (Å²) in [5.41, 5.74) is 1.13. The minimum absolute atomic E-state index is 0.625. The van der Waals surface area contributed by atoms with Crippen LogP contribution < -0.4 is 0 Å². The van der Waals surface area contributed by atoms with Crippen molar-refractivity contribution in [1.29, 1.82) is 0 Å². The highest BCUT2D eigenvalue weighted by molar-refractivity contribution is 6.60. The molecule has 0 bridgehead atoms. The van der Waals surface area contributed by atoms with Crippen LogP contribution in [0.5, 0.6) is 0 Å². The topological polar surface area (TPSA) is 40.0 Å². The molecule has 5 heteroatoms. The van der Waals surface area contributed by atoms with Crippen LogP contribution in [-0.2, 0) is 13.3 Å². The van der Waals surface area contributed by atoms with E-state index >= 15 is 0 Å². The van der Waals surface area contributed by atoms with Crippen molar-refractivity contribution in [3.8, 4) is 0 Å². The Morgan fingerprint density at radius 3 is 2.05 bits per heavy atom. The Labute approximate surface area is 129 Å². The standard InChI is InChI=1S/C16H27NO3Si/c1-4-18-21(19-5-2,20-6-3)14-10-13-17-15-16-11-8-7-9-12-16/h7-9,11-12,15H,4-6,10,13-14H2,1-3H3/b17-15+. The third kappa shape index (κ3) is 6.99. The first-order chi connectivity index (χ1) is 10.3. The van der Waals surface area contributed by atoms with E-state index in [2.05, 4.69) is 4.99 Å². The fourth-order valence-electron chi connectivity index (χ4n) is 2.10. The lowest BCUT2D eigenvalue weighted by Crippen LogP contribution is -2.46. The number of hydrogen-bond donors (Lipinski definition) is 0. The zero-order valence-corrected chi connectivity index (χ0v) is 14.4. The molecule has 0 radical (unpaired) electrons. The van der Waals surface area contributed by atoms with Crippen molar-refractivity contribution < 1.29 is 13.3 Å². The molecule has 0 saturated carbocycles. The van der Waals surface area contributed by atoms with Gasteiger partial charge in [-0.15, -0.1) is 0 Å². The number of benzene rings is 1. The average molecular weight is 309 g/mol. The molecule has 1 aromatic carbocycles. The van der Waals surface area contributed by atoms with E-state index in [-0.39, 0.29) is 0 Å². The van der Waals surface area contributed by atoms with E-state index in [1.54, 1.807) is 0 Å². The van der Waals surface area contributed by atoms with Gasteiger partial charge in [0.15, 0.2) is 0 Å². The van der Waals surface area contributed by atoms with Crippen molar-refractivity contribution in [3.05, 3.63) is 35.9 Å². The first-order valence-electron chi connectivity index (χ1n) is 7.73. The highest BCUT2D eigenvalue weighted by Gasteiger charge is 2.39. The molecular formula is C16H27NO3Si. The van der Waals surface area contributed by atoms with E-state index < -0.39 is 8.80 Å². The molecule has 0 aliphatic rings. The molecule has 1 rings (SSSR count). The molecule has 0 N–H and O–H groups in total. The zero-order valence-electron chi connectivity index (χ0n) is 13.4. The third-order valence-corrected chi connectivity index (χ3v) is 6.05. The Morgan fingerprint density at radius 2 is 1.52 bits per heavy atom. The lowest BCUT2D eigenvalue weighted by Gasteiger charge is -2.28. The van der Waals surface area contributed by atoms with Gasteiger partial charge >= 0.3 is 8.80 Å². The summed E-state index contributed by atoms with van der Waals surface area (Å²) in [6, 6.07) is 10.9. The van der Waals surface area contributed by atoms with E-state index in [0.29, 0.717) is 19.8 Å². The minimum atomic E-state index is -2.50. The van der Waals surface area contributed by atoms with E-state index in [4.69, 9.17) is 13.3 Å². The van der Waals surface area contributed by atoms with Gasteiger partial charge < -0.3 is 13.3 Å². The summed E-state index contributed by atoms with van der Waals surface area (Å²) in [4.78, 5) is 4.46. The maximum atomic E-state index is 5.82. The molecule has 0 heterocycles. The zero-order chi connectivity index (χ0) is 15.4. The predicted octanol–water partition coefficient (Wildman–Crippen LogP) is 3.54. The largest absolute Gasteiger partial charge is 0.500 e. The second-order valence-electron chi connectivity index (χ2n) is 4.53. The average Bonchev–Trinajstić information content (AvgIpc) is 2.49. The van der Waals surface area contributed by atoms with Gasteiger partial charge in [-0.25, -0.2) is 0 Å². The molecule has 0 unspecified atom stereocenters. The number of aliphatic imine (C=N–C) groups is 1. The van der Waals surface area contributed by atoms with Crippen LogP contribution >= 0.6 is 0 Å². The van der Waals surface area contributed by atoms with Gasteiger partial charge in [-0.1, -0.05) is 30.3 Å². The SMILES string of the molecule is CCO[Si](CCC/N=C/c1ccccc1)(OCC)OCC. The van der Waals surface area contributed by atoms with Gasteiger partial charge in [-0.05, 0) is 32.8 Å². The second kappa shape index (κ2) is 10.7. The van der Waals surface area contributed by atoms with Gasteiger partial charge in [0.1, 0.15) is 0 Å². The Balaban J connectivity index is 2.43. The second-order valence-corrected chi connectivity index (χ2v) is 7.26. The Morgan fingerprint density at radius 1 is 0.952 bits per heavy atom. The predicted molar refractivity (Wildman–Crippen MR) is 89.0 cm³/mol. The van der Waals surface area contributed by atoms with E-state index in [9.17, 15) is 0 Å². The van der Waals surface area contributed by atoms with Crippen molar-refractivity contribution in [1.82, 2.24) is 0 Å². The molecular weight excluding hydrogens is 282 g/mol. The van der Waals surface area contributed by atoms with Gasteiger partial charge in [0, 0.05) is 38.6 Å². The van der Waals surface area contributed by atoms with Gasteiger partial charge in [0.25, 0.3) is 0 Å². The first kappa shape index (κ1) is 18.0. The van der Waals surface area contributed by atoms with Crippen molar-refractivity contribution in [2.75, 3.05) is 26.4 Å². The Kier molecular flexibility index (Phi) is 9.17. The summed E-state index contributed by atoms with van der Waals surface area (Å²) in [5.74, 6) is 0. The van der Waals surface area contributed by atoms with Crippen LogP contribution in [0.1, 0.15) is 32.8 Å². The van der Waals surface area contributed by atoms with Gasteiger partial charge in [0.2, 0.25) is 0 Å². The molecule has 0 fully saturated rings. The summed E-state index contributed by atoms with van der Waals surface area (Å²) in [6.07, 6.45) is 2.82. The van der Waals surface area contributed by atoms with E-state index in [1.165, 1.54) is 0 Å². The summed E-state index contributed by atoms with van der Waals surface area (Å²) in [6.45, 7) is 8.57. The normalized spacial score (nSPS) is 12.1. The van der Waals surface area contributed by atoms with Crippen LogP contribution in [-0.4, -0.2) is 41.4 Å². The fraction of sp³-hybridized carbons (Fsp3) is 0.562. The van der Waals surface area contributed by atoms with E-state index in [0.717, 1.165) is 24.6 Å². The number of nitrogens with zero attached hydrogens (tertiary/aromatic N) is 1. The van der Waals surface area contributed by atoms with E-state index in [1.807, 2.05) is 57.3 Å². The molecule has 1 aromatic rings. The fourth-order valence-corrected chi connectivity index (χ4v) is 4.69. The molecule has 0 aromatic heterocycles. The van der Waals surface area contributed by atoms with Crippen LogP contribution in [0.15, 0.2) is 35.3 Å². The number of hydrogen-bond acceptors (Lipinski definition) is 4. The van der Waals surface area contributed by atoms with Crippen LogP contribution in [0.4, 0.5) is 0 Å². The molecule has 118 valence electrons. The Hall–Kier alpha value is -1.01. The monoisotopic (exact) mass is 309 g/mol. The minimum Gasteiger partial charge on any atom is -0.374 e. The summed E-state index contributed by atoms with van der Waals surface area (Å²) in [7, 11) is -2.50. The molecule has 21 heavy (non-hydrogen) atoms. The Bertz CT molecular complexity index is 381. The molecule has 0 spiro atoms. The van der Waals surface area contributed by atoms with Crippen molar-refractivity contribution in [2.45, 2.75) is 33.2 Å². The molecule has 0 aliphatic heterocycles. The van der Waals surface area contributed by atoms with Crippen LogP contribution in [0.2, 0.25) is 6.04 Å². The van der Waals surface area contributed by atoms with Crippen molar-refractivity contribution >= 4 is 15.0 Å². The lowest BCUT2D eigenvalue weighted by molar-refractivity contribution is 0.0710. The van der Waals surface area contributed by atoms with Gasteiger partial charge in [-0.3, -0.25) is 4.99 Å². The summed E-state index contributed by atoms with van der Waals surface area (Å²) >= 11 is 0. The van der Waals surface area contributed by atoms with Crippen molar-refractivity contribution in [2.24, 2.45) is 4.99 Å². The first-order valence-corrected chi connectivity index (χ1v) is 9.66. The highest BCUT2D eigenvalue weighted by Crippen LogP contribution is 2.18. The quantitative estimate of drug-likeness (QED) is 0.356. The van der Waals surface area contributed by atoms with Crippen LogP contribution in [0.3, 0.4) is 0 Å². The molecule has 0 saturated heterocycles. The van der Waals surface area contributed by atoms with Crippen molar-refractivity contribution in [3.63, 3.8) is 0 Å². The lowest BCUT2D eigenvalue weighted by atomic mass is 10.2. The molecule has 0 atom stereocenters. The number of rotatable bonds is 11. The smallest absolute Gasteiger partial charge is 0.374 e. The van der Waals surface area contributed by atoms with Crippen LogP contribution in [0.25, 0.3) is 0 Å².